The Morgan fingerprint density at radius 3 is 0.800 bits per heavy atom. The number of carbonyl (C=O) groups excluding carboxylic acids is 4. The monoisotopic (exact) mass is 1400 g/mol. The van der Waals surface area contributed by atoms with Crippen LogP contribution in [0.4, 0.5) is 0 Å². The van der Waals surface area contributed by atoms with Gasteiger partial charge in [-0.1, -0.05) is 337 Å². The Morgan fingerprint density at radius 1 is 0.305 bits per heavy atom. The number of hydrogen-bond acceptors (Lipinski definition) is 15. The second-order valence-electron chi connectivity index (χ2n) is 28.6. The predicted octanol–water partition coefficient (Wildman–Crippen LogP) is 22.2. The molecule has 564 valence electrons. The number of unbranched alkanes of at least 4 members (excludes halogenated alkanes) is 41. The van der Waals surface area contributed by atoms with Crippen LogP contribution in [0.3, 0.4) is 0 Å². The quantitative estimate of drug-likeness (QED) is 0.0222. The standard InChI is InChI=1S/C76H148O17P2/c1-8-10-11-12-13-14-15-16-17-18-19-20-25-31-36-45-52-59-75(80)92-71(63-86-73(78)57-50-43-35-30-26-21-23-28-33-40-47-54-67(3)4)65-90-94(82,83)88-61-70(77)62-89-95(84,85)91-66-72(64-87-74(79)58-51-44-39-38-42-49-56-69(7)9-2)93-76(81)60-53-46-37-32-27-22-24-29-34-41-48-55-68(5)6/h67-72,77H,8-66H2,1-7H3,(H,82,83)(H,84,85)/t69?,70-,71-,72-/m1/s1. The topological polar surface area (TPSA) is 237 Å². The van der Waals surface area contributed by atoms with Crippen LogP contribution in [0.2, 0.25) is 0 Å². The summed E-state index contributed by atoms with van der Waals surface area (Å²) >= 11 is 0. The van der Waals surface area contributed by atoms with Gasteiger partial charge in [-0.25, -0.2) is 9.13 Å². The van der Waals surface area contributed by atoms with Crippen molar-refractivity contribution >= 4 is 39.5 Å². The van der Waals surface area contributed by atoms with Crippen LogP contribution in [0, 0.1) is 17.8 Å². The highest BCUT2D eigenvalue weighted by molar-refractivity contribution is 7.47. The Kier molecular flexibility index (Phi) is 65.2. The van der Waals surface area contributed by atoms with Crippen molar-refractivity contribution in [2.75, 3.05) is 39.6 Å². The molecule has 0 fully saturated rings. The molecule has 0 bridgehead atoms. The molecule has 0 aliphatic carbocycles. The molecule has 17 nitrogen and oxygen atoms in total. The maximum atomic E-state index is 13.1. The molecule has 0 aromatic rings. The van der Waals surface area contributed by atoms with Crippen molar-refractivity contribution in [2.24, 2.45) is 17.8 Å². The highest BCUT2D eigenvalue weighted by atomic mass is 31.2. The Balaban J connectivity index is 5.26. The summed E-state index contributed by atoms with van der Waals surface area (Å²) in [6.07, 6.45) is 52.7. The summed E-state index contributed by atoms with van der Waals surface area (Å²) in [5, 5.41) is 10.6. The van der Waals surface area contributed by atoms with E-state index in [-0.39, 0.29) is 25.7 Å². The first-order chi connectivity index (χ1) is 45.8. The van der Waals surface area contributed by atoms with Crippen LogP contribution >= 0.6 is 15.6 Å². The summed E-state index contributed by atoms with van der Waals surface area (Å²) in [4.78, 5) is 72.8. The van der Waals surface area contributed by atoms with Crippen LogP contribution in [0.25, 0.3) is 0 Å². The van der Waals surface area contributed by atoms with Crippen molar-refractivity contribution in [3.8, 4) is 0 Å². The van der Waals surface area contributed by atoms with Gasteiger partial charge >= 0.3 is 39.5 Å². The number of esters is 4. The van der Waals surface area contributed by atoms with Gasteiger partial charge < -0.3 is 33.8 Å². The molecule has 0 heterocycles. The largest absolute Gasteiger partial charge is 0.472 e. The molecule has 3 N–H and O–H groups in total. The number of phosphoric ester groups is 2. The minimum absolute atomic E-state index is 0.105. The van der Waals surface area contributed by atoms with Gasteiger partial charge in [0.15, 0.2) is 12.2 Å². The van der Waals surface area contributed by atoms with Crippen LogP contribution in [0.5, 0.6) is 0 Å². The minimum atomic E-state index is -4.96. The second-order valence-corrected chi connectivity index (χ2v) is 31.5. The lowest BCUT2D eigenvalue weighted by atomic mass is 10.00. The van der Waals surface area contributed by atoms with Crippen molar-refractivity contribution < 1.29 is 80.2 Å². The normalized spacial score (nSPS) is 14.4. The van der Waals surface area contributed by atoms with E-state index < -0.39 is 97.5 Å². The van der Waals surface area contributed by atoms with Gasteiger partial charge in [-0.05, 0) is 43.4 Å². The first-order valence-corrected chi connectivity index (χ1v) is 42.4. The van der Waals surface area contributed by atoms with E-state index in [1.54, 1.807) is 0 Å². The molecule has 0 rings (SSSR count). The second kappa shape index (κ2) is 66.6. The molecule has 6 atom stereocenters. The smallest absolute Gasteiger partial charge is 0.462 e. The van der Waals surface area contributed by atoms with E-state index in [0.717, 1.165) is 114 Å². The molecule has 0 aromatic heterocycles. The van der Waals surface area contributed by atoms with Crippen molar-refractivity contribution in [3.63, 3.8) is 0 Å². The lowest BCUT2D eigenvalue weighted by molar-refractivity contribution is -0.161. The molecule has 0 amide bonds. The number of phosphoric acid groups is 2. The summed E-state index contributed by atoms with van der Waals surface area (Å²) in [5.41, 5.74) is 0. The first-order valence-electron chi connectivity index (χ1n) is 39.4. The molecule has 0 aromatic carbocycles. The lowest BCUT2D eigenvalue weighted by Gasteiger charge is -2.21. The summed E-state index contributed by atoms with van der Waals surface area (Å²) < 4.78 is 68.5. The van der Waals surface area contributed by atoms with Gasteiger partial charge in [0.05, 0.1) is 26.4 Å². The number of carbonyl (C=O) groups is 4. The lowest BCUT2D eigenvalue weighted by Crippen LogP contribution is -2.30. The van der Waals surface area contributed by atoms with E-state index in [9.17, 15) is 43.2 Å². The summed E-state index contributed by atoms with van der Waals surface area (Å²) in [6.45, 7) is 11.9. The Morgan fingerprint density at radius 2 is 0.537 bits per heavy atom. The number of hydrogen-bond donors (Lipinski definition) is 3. The van der Waals surface area contributed by atoms with Crippen LogP contribution in [0.1, 0.15) is 389 Å². The van der Waals surface area contributed by atoms with Crippen LogP contribution in [-0.4, -0.2) is 96.7 Å². The van der Waals surface area contributed by atoms with Crippen molar-refractivity contribution in [3.05, 3.63) is 0 Å². The predicted molar refractivity (Wildman–Crippen MR) is 386 cm³/mol. The average Bonchev–Trinajstić information content (AvgIpc) is 2.20. The van der Waals surface area contributed by atoms with E-state index in [1.807, 2.05) is 0 Å². The fourth-order valence-corrected chi connectivity index (χ4v) is 13.1. The van der Waals surface area contributed by atoms with Gasteiger partial charge in [-0.15, -0.1) is 0 Å². The zero-order chi connectivity index (χ0) is 70.1. The highest BCUT2D eigenvalue weighted by Gasteiger charge is 2.30. The maximum absolute atomic E-state index is 13.1. The SMILES string of the molecule is CCCCCCCCCCCCCCCCCCCC(=O)O[C@H](COC(=O)CCCCCCCCCCCCCC(C)C)COP(=O)(O)OC[C@@H](O)COP(=O)(O)OC[C@@H](COC(=O)CCCCCCCCC(C)CC)OC(=O)CCCCCCCCCCCCCC(C)C. The highest BCUT2D eigenvalue weighted by Crippen LogP contribution is 2.45. The average molecular weight is 1400 g/mol. The van der Waals surface area contributed by atoms with Crippen molar-refractivity contribution in [1.29, 1.82) is 0 Å². The number of rotatable bonds is 74. The molecular formula is C76H148O17P2. The van der Waals surface area contributed by atoms with E-state index >= 15 is 0 Å². The molecule has 0 spiro atoms. The molecule has 19 heteroatoms. The van der Waals surface area contributed by atoms with Gasteiger partial charge in [0.25, 0.3) is 0 Å². The molecule has 0 saturated carbocycles. The van der Waals surface area contributed by atoms with E-state index in [1.165, 1.54) is 193 Å². The fourth-order valence-electron chi connectivity index (χ4n) is 11.6. The van der Waals surface area contributed by atoms with Gasteiger partial charge in [-0.2, -0.15) is 0 Å². The molecule has 0 radical (unpaired) electrons. The van der Waals surface area contributed by atoms with Gasteiger partial charge in [0.1, 0.15) is 19.3 Å². The Labute approximate surface area is 581 Å². The van der Waals surface area contributed by atoms with E-state index in [2.05, 4.69) is 48.5 Å². The zero-order valence-electron chi connectivity index (χ0n) is 62.1. The summed E-state index contributed by atoms with van der Waals surface area (Å²) in [6, 6.07) is 0. The van der Waals surface area contributed by atoms with Crippen LogP contribution < -0.4 is 0 Å². The third-order valence-electron chi connectivity index (χ3n) is 18.0. The minimum Gasteiger partial charge on any atom is -0.462 e. The third-order valence-corrected chi connectivity index (χ3v) is 19.9. The van der Waals surface area contributed by atoms with Crippen LogP contribution in [0.15, 0.2) is 0 Å². The number of ether oxygens (including phenoxy) is 4. The molecule has 95 heavy (non-hydrogen) atoms. The van der Waals surface area contributed by atoms with Gasteiger partial charge in [0, 0.05) is 25.7 Å². The van der Waals surface area contributed by atoms with E-state index in [4.69, 9.17) is 37.0 Å². The molecule has 0 saturated heterocycles. The molecule has 0 aliphatic heterocycles. The fraction of sp³-hybridized carbons (Fsp3) is 0.947. The molecular weight excluding hydrogens is 1250 g/mol. The third kappa shape index (κ3) is 69.0. The van der Waals surface area contributed by atoms with Gasteiger partial charge in [-0.3, -0.25) is 37.3 Å². The molecule has 0 aliphatic rings. The molecule has 3 unspecified atom stereocenters. The van der Waals surface area contributed by atoms with Gasteiger partial charge in [0.2, 0.25) is 0 Å². The summed E-state index contributed by atoms with van der Waals surface area (Å²) in [7, 11) is -9.91. The van der Waals surface area contributed by atoms with Crippen molar-refractivity contribution in [2.45, 2.75) is 407 Å². The Bertz CT molecular complexity index is 1850. The Hall–Kier alpha value is -1.94. The van der Waals surface area contributed by atoms with E-state index in [0.29, 0.717) is 25.7 Å². The first kappa shape index (κ1) is 93.1. The van der Waals surface area contributed by atoms with Crippen LogP contribution in [-0.2, 0) is 65.4 Å². The number of aliphatic hydroxyl groups is 1. The zero-order valence-corrected chi connectivity index (χ0v) is 63.9. The maximum Gasteiger partial charge on any atom is 0.472 e. The van der Waals surface area contributed by atoms with Crippen molar-refractivity contribution in [1.82, 2.24) is 0 Å². The number of aliphatic hydroxyl groups excluding tert-OH is 1. The summed E-state index contributed by atoms with van der Waals surface area (Å²) in [5.74, 6) is 0.149.